The molecule has 0 bridgehead atoms. The quantitative estimate of drug-likeness (QED) is 0.168. The highest BCUT2D eigenvalue weighted by Crippen LogP contribution is 2.45. The lowest BCUT2D eigenvalue weighted by Crippen LogP contribution is -2.10. The molecular formula is C49H33N3O. The predicted octanol–water partition coefficient (Wildman–Crippen LogP) is 13.4. The van der Waals surface area contributed by atoms with Crippen molar-refractivity contribution in [1.82, 2.24) is 9.55 Å². The maximum Gasteiger partial charge on any atom is 0.146 e. The number of nitrogens with zero attached hydrogens (tertiary/aromatic N) is 3. The van der Waals surface area contributed by atoms with Gasteiger partial charge in [0.05, 0.1) is 16.7 Å². The van der Waals surface area contributed by atoms with Crippen molar-refractivity contribution in [2.75, 3.05) is 4.90 Å². The third-order valence-corrected chi connectivity index (χ3v) is 10.0. The number of fused-ring (bicyclic) bond motifs is 4. The molecule has 0 spiro atoms. The molecule has 10 aromatic rings. The van der Waals surface area contributed by atoms with Crippen molar-refractivity contribution in [2.24, 2.45) is 0 Å². The van der Waals surface area contributed by atoms with Crippen LogP contribution in [0.4, 0.5) is 17.1 Å². The van der Waals surface area contributed by atoms with Crippen LogP contribution in [0.5, 0.6) is 0 Å². The molecule has 0 amide bonds. The summed E-state index contributed by atoms with van der Waals surface area (Å²) >= 11 is 0. The normalized spacial score (nSPS) is 11.4. The number of aromatic nitrogens is 2. The largest absolute Gasteiger partial charge is 0.456 e. The summed E-state index contributed by atoms with van der Waals surface area (Å²) in [6, 6.07) is 70.2. The number of imidazole rings is 1. The lowest BCUT2D eigenvalue weighted by atomic mass is 10.0. The molecule has 10 rings (SSSR count). The molecule has 4 nitrogen and oxygen atoms in total. The highest BCUT2D eigenvalue weighted by Gasteiger charge is 2.23. The lowest BCUT2D eigenvalue weighted by Gasteiger charge is -2.26. The maximum absolute atomic E-state index is 6.69. The molecule has 0 unspecified atom stereocenters. The fourth-order valence-corrected chi connectivity index (χ4v) is 7.50. The van der Waals surface area contributed by atoms with Gasteiger partial charge in [-0.3, -0.25) is 4.57 Å². The topological polar surface area (TPSA) is 34.2 Å². The summed E-state index contributed by atoms with van der Waals surface area (Å²) in [5, 5.41) is 2.09. The first-order valence-electron chi connectivity index (χ1n) is 17.9. The maximum atomic E-state index is 6.69. The summed E-state index contributed by atoms with van der Waals surface area (Å²) in [6.45, 7) is 0. The third-order valence-electron chi connectivity index (χ3n) is 10.0. The van der Waals surface area contributed by atoms with Gasteiger partial charge >= 0.3 is 0 Å². The van der Waals surface area contributed by atoms with Gasteiger partial charge in [-0.15, -0.1) is 0 Å². The average Bonchev–Trinajstić information content (AvgIpc) is 3.81. The van der Waals surface area contributed by atoms with E-state index in [4.69, 9.17) is 9.40 Å². The second-order valence-corrected chi connectivity index (χ2v) is 13.2. The standard InChI is InChI=1S/C49H33N3O/c1-4-14-34(15-5-1)36-24-28-39(29-25-36)51(40-30-26-37(27-31-40)35-16-6-2-7-17-35)41-32-43(48-42-20-10-13-23-46(42)53-47(48)33-41)49-50-44-21-11-12-22-45(44)52(49)38-18-8-3-9-19-38/h1-33H. The van der Waals surface area contributed by atoms with Crippen LogP contribution in [0.15, 0.2) is 205 Å². The molecule has 250 valence electrons. The second-order valence-electron chi connectivity index (χ2n) is 13.2. The number of para-hydroxylation sites is 4. The van der Waals surface area contributed by atoms with Gasteiger partial charge in [-0.1, -0.05) is 133 Å². The number of benzene rings is 8. The van der Waals surface area contributed by atoms with Gasteiger partial charge in [0.15, 0.2) is 0 Å². The fraction of sp³-hybridized carbons (Fsp3) is 0. The molecule has 0 aliphatic rings. The van der Waals surface area contributed by atoms with Crippen LogP contribution in [0.2, 0.25) is 0 Å². The molecule has 8 aromatic carbocycles. The van der Waals surface area contributed by atoms with Gasteiger partial charge in [-0.05, 0) is 82.9 Å². The predicted molar refractivity (Wildman–Crippen MR) is 219 cm³/mol. The van der Waals surface area contributed by atoms with Gasteiger partial charge in [0, 0.05) is 39.5 Å². The Labute approximate surface area is 307 Å². The minimum absolute atomic E-state index is 0.803. The fourth-order valence-electron chi connectivity index (χ4n) is 7.50. The summed E-state index contributed by atoms with van der Waals surface area (Å²) < 4.78 is 8.95. The van der Waals surface area contributed by atoms with Crippen LogP contribution in [-0.2, 0) is 0 Å². The molecular weight excluding hydrogens is 647 g/mol. The summed E-state index contributed by atoms with van der Waals surface area (Å²) in [7, 11) is 0. The Morgan fingerprint density at radius 3 is 1.60 bits per heavy atom. The van der Waals surface area contributed by atoms with Crippen LogP contribution in [-0.4, -0.2) is 9.55 Å². The van der Waals surface area contributed by atoms with Crippen LogP contribution < -0.4 is 4.90 Å². The molecule has 0 atom stereocenters. The highest BCUT2D eigenvalue weighted by atomic mass is 16.3. The third kappa shape index (κ3) is 5.45. The summed E-state index contributed by atoms with van der Waals surface area (Å²) in [5.41, 5.74) is 13.4. The molecule has 0 aliphatic carbocycles. The van der Waals surface area contributed by atoms with E-state index in [0.717, 1.165) is 67.1 Å². The Hall–Kier alpha value is -7.17. The Bertz CT molecular complexity index is 2770. The molecule has 0 radical (unpaired) electrons. The molecule has 0 N–H and O–H groups in total. The van der Waals surface area contributed by atoms with E-state index >= 15 is 0 Å². The Kier molecular flexibility index (Phi) is 7.43. The van der Waals surface area contributed by atoms with Crippen LogP contribution in [0, 0.1) is 0 Å². The van der Waals surface area contributed by atoms with Gasteiger partial charge < -0.3 is 9.32 Å². The van der Waals surface area contributed by atoms with Crippen molar-refractivity contribution in [3.63, 3.8) is 0 Å². The molecule has 0 saturated heterocycles. The van der Waals surface area contributed by atoms with Crippen LogP contribution in [0.25, 0.3) is 72.3 Å². The zero-order valence-corrected chi connectivity index (χ0v) is 28.8. The zero-order valence-electron chi connectivity index (χ0n) is 28.8. The summed E-state index contributed by atoms with van der Waals surface area (Å²) in [6.07, 6.45) is 0. The summed E-state index contributed by atoms with van der Waals surface area (Å²) in [5.74, 6) is 0.856. The van der Waals surface area contributed by atoms with Crippen LogP contribution >= 0.6 is 0 Å². The van der Waals surface area contributed by atoms with Crippen molar-refractivity contribution in [3.8, 4) is 39.3 Å². The van der Waals surface area contributed by atoms with Crippen LogP contribution in [0.3, 0.4) is 0 Å². The van der Waals surface area contributed by atoms with Gasteiger partial charge in [-0.25, -0.2) is 4.98 Å². The molecule has 0 aliphatic heterocycles. The van der Waals surface area contributed by atoms with Crippen molar-refractivity contribution in [1.29, 1.82) is 0 Å². The van der Waals surface area contributed by atoms with E-state index in [9.17, 15) is 0 Å². The number of rotatable bonds is 7. The Morgan fingerprint density at radius 1 is 0.434 bits per heavy atom. The summed E-state index contributed by atoms with van der Waals surface area (Å²) in [4.78, 5) is 7.65. The number of hydrogen-bond donors (Lipinski definition) is 0. The van der Waals surface area contributed by atoms with Crippen molar-refractivity contribution in [3.05, 3.63) is 200 Å². The van der Waals surface area contributed by atoms with Gasteiger partial charge in [0.2, 0.25) is 0 Å². The van der Waals surface area contributed by atoms with Gasteiger partial charge in [-0.2, -0.15) is 0 Å². The monoisotopic (exact) mass is 679 g/mol. The van der Waals surface area contributed by atoms with E-state index in [1.54, 1.807) is 0 Å². The van der Waals surface area contributed by atoms with Crippen molar-refractivity contribution < 1.29 is 4.42 Å². The molecule has 0 saturated carbocycles. The van der Waals surface area contributed by atoms with E-state index in [0.29, 0.717) is 0 Å². The number of anilines is 3. The number of furan rings is 1. The second kappa shape index (κ2) is 12.9. The van der Waals surface area contributed by atoms with E-state index in [1.807, 2.05) is 18.2 Å². The van der Waals surface area contributed by atoms with Gasteiger partial charge in [0.25, 0.3) is 0 Å². The molecule has 0 fully saturated rings. The Morgan fingerprint density at radius 2 is 0.962 bits per heavy atom. The minimum Gasteiger partial charge on any atom is -0.456 e. The minimum atomic E-state index is 0.803. The first-order chi connectivity index (χ1) is 26.3. The van der Waals surface area contributed by atoms with Gasteiger partial charge in [0.1, 0.15) is 17.0 Å². The average molecular weight is 680 g/mol. The highest BCUT2D eigenvalue weighted by molar-refractivity contribution is 6.14. The zero-order chi connectivity index (χ0) is 35.1. The van der Waals surface area contributed by atoms with E-state index in [2.05, 4.69) is 191 Å². The lowest BCUT2D eigenvalue weighted by molar-refractivity contribution is 0.669. The molecule has 2 aromatic heterocycles. The SMILES string of the molecule is c1ccc(-c2ccc(N(c3ccc(-c4ccccc4)cc3)c3cc(-c4nc5ccccc5n4-c4ccccc4)c4c(c3)oc3ccccc34)cc2)cc1. The molecule has 4 heteroatoms. The van der Waals surface area contributed by atoms with E-state index < -0.39 is 0 Å². The van der Waals surface area contributed by atoms with Crippen molar-refractivity contribution >= 4 is 50.0 Å². The first-order valence-corrected chi connectivity index (χ1v) is 17.9. The van der Waals surface area contributed by atoms with E-state index in [1.165, 1.54) is 22.3 Å². The van der Waals surface area contributed by atoms with Crippen LogP contribution in [0.1, 0.15) is 0 Å². The molecule has 53 heavy (non-hydrogen) atoms. The van der Waals surface area contributed by atoms with Crippen molar-refractivity contribution in [2.45, 2.75) is 0 Å². The molecule has 2 heterocycles. The first kappa shape index (κ1) is 30.6. The smallest absolute Gasteiger partial charge is 0.146 e. The number of hydrogen-bond acceptors (Lipinski definition) is 3. The van der Waals surface area contributed by atoms with E-state index in [-0.39, 0.29) is 0 Å². The Balaban J connectivity index is 1.23.